The Bertz CT molecular complexity index is 4750. The summed E-state index contributed by atoms with van der Waals surface area (Å²) in [7, 11) is 3.94. The number of carboxylic acids is 1. The first kappa shape index (κ1) is 123. The van der Waals surface area contributed by atoms with Gasteiger partial charge in [-0.2, -0.15) is 65.9 Å². The molecule has 0 saturated heterocycles. The largest absolute Gasteiger partial charge is 1.00 e. The maximum absolute atomic E-state index is 13.8. The first-order valence-corrected chi connectivity index (χ1v) is 45.8. The summed E-state index contributed by atoms with van der Waals surface area (Å²) in [6, 6.07) is 15.7. The number of carboxylic acid groups (broad SMARTS) is 1. The number of benzene rings is 6. The number of hydrogen-bond acceptors (Lipinski definition) is 16. The number of nitrogens with one attached hydrogen (secondary N) is 1. The number of hydroxylamine groups is 2. The van der Waals surface area contributed by atoms with Crippen LogP contribution in [-0.4, -0.2) is 106 Å². The number of rotatable bonds is 26. The molecule has 3 N–H and O–H groups in total. The molecule has 19 nitrogen and oxygen atoms in total. The number of carbonyl (C=O) groups is 6. The number of carbonyl (C=O) groups excluding carboxylic acids is 5. The second kappa shape index (κ2) is 62.2. The maximum atomic E-state index is 13.8. The molecule has 0 radical (unpaired) electrons. The number of hydrogen-bond donors (Lipinski definition) is 3. The van der Waals surface area contributed by atoms with E-state index in [9.17, 15) is 98.6 Å². The molecule has 6 aromatic carbocycles. The smallest absolute Gasteiger partial charge is 1.00 e. The van der Waals surface area contributed by atoms with Gasteiger partial charge in [-0.05, 0) is 222 Å². The summed E-state index contributed by atoms with van der Waals surface area (Å²) in [5.74, 6) is -3.23. The third-order valence-corrected chi connectivity index (χ3v) is 24.4. The van der Waals surface area contributed by atoms with Crippen LogP contribution in [0.4, 0.5) is 74.6 Å². The number of halogens is 17. The van der Waals surface area contributed by atoms with Gasteiger partial charge in [-0.1, -0.05) is 154 Å². The number of ether oxygens (including phenoxy) is 6. The molecule has 6 saturated carbocycles. The molecule has 138 heavy (non-hydrogen) atoms. The van der Waals surface area contributed by atoms with Crippen molar-refractivity contribution in [2.24, 2.45) is 35.5 Å². The average Bonchev–Trinajstić information content (AvgIpc) is 0.807. The Kier molecular flexibility index (Phi) is 55.4. The Labute approximate surface area is 880 Å². The van der Waals surface area contributed by atoms with Gasteiger partial charge < -0.3 is 55.5 Å². The van der Waals surface area contributed by atoms with Gasteiger partial charge in [-0.25, -0.2) is 28.2 Å². The van der Waals surface area contributed by atoms with Gasteiger partial charge in [0.25, 0.3) is 12.4 Å². The van der Waals surface area contributed by atoms with Crippen LogP contribution in [0.25, 0.3) is 12.2 Å². The molecule has 0 heterocycles. The molecule has 756 valence electrons. The molecule has 6 aliphatic carbocycles. The van der Waals surface area contributed by atoms with E-state index >= 15 is 0 Å². The van der Waals surface area contributed by atoms with Gasteiger partial charge in [-0.15, -0.1) is 0 Å². The van der Waals surface area contributed by atoms with Crippen molar-refractivity contribution in [1.29, 1.82) is 0 Å². The summed E-state index contributed by atoms with van der Waals surface area (Å²) in [6.45, 7) is 6.71. The van der Waals surface area contributed by atoms with E-state index in [1.807, 2.05) is 0 Å². The summed E-state index contributed by atoms with van der Waals surface area (Å²) in [6.07, 6.45) is 18.7. The van der Waals surface area contributed by atoms with E-state index < -0.39 is 117 Å². The molecule has 0 aliphatic heterocycles. The van der Waals surface area contributed by atoms with Gasteiger partial charge in [0, 0.05) is 35.9 Å². The summed E-state index contributed by atoms with van der Waals surface area (Å²) < 4.78 is 253. The summed E-state index contributed by atoms with van der Waals surface area (Å²) in [5.41, 5.74) is -3.84. The Morgan fingerprint density at radius 3 is 1.08 bits per heavy atom. The molecule has 6 aliphatic rings. The topological polar surface area (TPSA) is 255 Å². The van der Waals surface area contributed by atoms with Crippen LogP contribution in [0.3, 0.4) is 0 Å². The summed E-state index contributed by atoms with van der Waals surface area (Å²) >= 11 is 0. The van der Waals surface area contributed by atoms with Crippen molar-refractivity contribution in [2.75, 3.05) is 54.3 Å². The minimum atomic E-state index is -4.59. The van der Waals surface area contributed by atoms with Crippen molar-refractivity contribution in [2.45, 2.75) is 257 Å². The Balaban J connectivity index is 0.000000438. The van der Waals surface area contributed by atoms with Crippen LogP contribution in [0.2, 0.25) is 0 Å². The minimum absolute atomic E-state index is 0. The quantitative estimate of drug-likeness (QED) is 0.00867. The van der Waals surface area contributed by atoms with E-state index in [0.717, 1.165) is 225 Å². The van der Waals surface area contributed by atoms with Crippen LogP contribution in [0.1, 0.15) is 302 Å². The van der Waals surface area contributed by atoms with Gasteiger partial charge in [0.1, 0.15) is 51.5 Å². The van der Waals surface area contributed by atoms with Crippen molar-refractivity contribution < 1.29 is 261 Å². The molecular formula is C100H123F17K2N2O17. The van der Waals surface area contributed by atoms with Crippen LogP contribution in [0.15, 0.2) is 115 Å². The van der Waals surface area contributed by atoms with Crippen molar-refractivity contribution in [1.82, 2.24) is 10.4 Å². The van der Waals surface area contributed by atoms with Gasteiger partial charge in [0.05, 0.1) is 86.7 Å². The van der Waals surface area contributed by atoms with Crippen molar-refractivity contribution in [3.63, 3.8) is 0 Å². The normalized spacial score (nSPS) is 16.2. The van der Waals surface area contributed by atoms with Gasteiger partial charge in [-0.3, -0.25) is 19.2 Å². The van der Waals surface area contributed by atoms with Crippen LogP contribution in [0.5, 0.6) is 28.7 Å². The summed E-state index contributed by atoms with van der Waals surface area (Å²) in [5, 5.41) is 29.3. The predicted octanol–water partition coefficient (Wildman–Crippen LogP) is 20.3. The van der Waals surface area contributed by atoms with Crippen molar-refractivity contribution >= 4 is 48.3 Å². The number of aromatic hydroxyl groups is 1. The van der Waals surface area contributed by atoms with Gasteiger partial charge >= 0.3 is 152 Å². The number of esters is 2. The van der Waals surface area contributed by atoms with Crippen LogP contribution in [-0.2, 0) is 64.5 Å². The fourth-order valence-electron chi connectivity index (χ4n) is 16.2. The molecular weight excluding hydrogens is 1900 g/mol. The van der Waals surface area contributed by atoms with E-state index in [4.69, 9.17) is 48.8 Å². The van der Waals surface area contributed by atoms with Gasteiger partial charge in [0.2, 0.25) is 5.91 Å². The van der Waals surface area contributed by atoms with Crippen molar-refractivity contribution in [3.8, 4) is 28.7 Å². The second-order valence-corrected chi connectivity index (χ2v) is 34.4. The molecule has 6 aromatic rings. The number of alkyl halides is 15. The molecule has 0 aromatic heterocycles. The molecule has 0 spiro atoms. The van der Waals surface area contributed by atoms with Crippen molar-refractivity contribution in [3.05, 3.63) is 194 Å². The third kappa shape index (κ3) is 44.2. The van der Waals surface area contributed by atoms with Gasteiger partial charge in [0.15, 0.2) is 0 Å². The molecule has 6 fully saturated rings. The van der Waals surface area contributed by atoms with Crippen LogP contribution in [0, 0.1) is 54.1 Å². The third-order valence-electron chi connectivity index (χ3n) is 24.4. The van der Waals surface area contributed by atoms with E-state index in [-0.39, 0.29) is 156 Å². The fraction of sp³-hybridized carbons (Fsp3) is 0.540. The first-order chi connectivity index (χ1) is 64.4. The number of nitrogens with zero attached hydrogens (tertiary/aromatic N) is 1. The number of aromatic carboxylic acids is 1. The van der Waals surface area contributed by atoms with Crippen LogP contribution < -0.4 is 132 Å². The zero-order valence-electron chi connectivity index (χ0n) is 80.1. The maximum Gasteiger partial charge on any atom is 1.00 e. The number of amides is 2. The molecule has 0 unspecified atom stereocenters. The molecule has 0 bridgehead atoms. The SMILES string of the molecule is CCC1CCCCC1.COC(=O)/C=C/c1ccc(C(F)(F)F)cc1OCC1CCCCC1.CON(C)C(=O)c1ccc(C(F)(F)F)cc1OCC1CCCCC1.Cc1c(F)cc([C@@H](C)NC(=O)/C=C/c2ccc(C(F)(F)F)cc2OCC2CCCCC2)cc1F.O=C(O)c1ccc(C(F)(F)F)cc1O.O=C(OCC1CCCCC1)c1ccc(C(F)(F)F)cc1OCC1CCCCC1.O=CO[O-].[H-].[K+].[K+]. The molecule has 38 heteroatoms. The standard InChI is InChI=1S/C26H28F5NO2.C22H29F3O3.C18H21F3O3.C17H22F3NO3.C8H5F3O3.C8H16.CH2O3.2K.H/c1-16-22(27)12-20(13-23(16)28)17(2)32-25(33)11-9-19-8-10-21(26(29,30)31)14-24(19)34-15-18-6-4-3-5-7-18;23-22(24,25)18-11-12-19(21(26)28-15-17-9-5-2-6-10-17)20(13-18)27-14-16-7-3-1-4-8-16;1-23-17(22)10-8-14-7-9-15(18(19,20)21)11-16(14)24-12-13-5-3-2-4-6-13;1-21(23-2)16(22)14-9-8-13(17(18,19)20)10-15(14)24-11-12-6-4-3-5-7-12;9-8(10,11)4-1-2-5(7(13)14)6(12)3-4;1-2-8-6-4-3-5-7-8;2-1-4-3;;;/h8-14,17-18H,3-7,15H2,1-2H3,(H,32,33);11-13,16-17H,1-10,14-15H2;7-11,13H,2-6,12H2,1H3;8-10,12H,3-7,11H2,1-2H3;1-3,12H,(H,13,14);8H,2-7H2,1H3;1,3H;;;/q;;;;;;;2*+1;-1/p-1/b11-9+;;10-8+;;;;;;;/t17-;;;;;;;;;/m1........./s1. The predicted molar refractivity (Wildman–Crippen MR) is 473 cm³/mol. The fourth-order valence-corrected chi connectivity index (χ4v) is 16.2. The van der Waals surface area contributed by atoms with E-state index in [1.165, 1.54) is 123 Å². The van der Waals surface area contributed by atoms with E-state index in [2.05, 4.69) is 21.9 Å². The van der Waals surface area contributed by atoms with Crippen LogP contribution >= 0.6 is 0 Å². The Morgan fingerprint density at radius 1 is 0.457 bits per heavy atom. The molecule has 2 amide bonds. The zero-order valence-corrected chi connectivity index (χ0v) is 85.3. The average molecular weight is 2030 g/mol. The Morgan fingerprint density at radius 2 is 0.761 bits per heavy atom. The summed E-state index contributed by atoms with van der Waals surface area (Å²) in [4.78, 5) is 74.8. The number of phenols is 1. The minimum Gasteiger partial charge on any atom is -1.00 e. The number of methoxy groups -OCH3 is 1. The van der Waals surface area contributed by atoms with E-state index in [0.29, 0.717) is 91.9 Å². The first-order valence-electron chi connectivity index (χ1n) is 45.8. The zero-order chi connectivity index (χ0) is 100. The molecule has 1 atom stereocenters. The van der Waals surface area contributed by atoms with E-state index in [1.54, 1.807) is 6.92 Å². The Hall–Kier alpha value is -7.38. The monoisotopic (exact) mass is 2020 g/mol. The second-order valence-electron chi connectivity index (χ2n) is 34.4. The molecule has 12 rings (SSSR count).